The van der Waals surface area contributed by atoms with Crippen LogP contribution in [0, 0.1) is 11.8 Å². The topological polar surface area (TPSA) is 73.9 Å². The van der Waals surface area contributed by atoms with Gasteiger partial charge in [-0.3, -0.25) is 15.1 Å². The van der Waals surface area contributed by atoms with Crippen LogP contribution in [0.5, 0.6) is 0 Å². The first-order valence-electron chi connectivity index (χ1n) is 10.8. The lowest BCUT2D eigenvalue weighted by Gasteiger charge is -2.34. The number of benzene rings is 1. The number of nitrogens with one attached hydrogen (secondary N) is 1. The maximum Gasteiger partial charge on any atom is 0.343 e. The summed E-state index contributed by atoms with van der Waals surface area (Å²) in [5.41, 5.74) is 4.32. The van der Waals surface area contributed by atoms with Crippen molar-refractivity contribution in [3.8, 4) is 0 Å². The summed E-state index contributed by atoms with van der Waals surface area (Å²) < 4.78 is 11.5. The van der Waals surface area contributed by atoms with Crippen LogP contribution in [0.4, 0.5) is 0 Å². The van der Waals surface area contributed by atoms with E-state index in [9.17, 15) is 9.59 Å². The largest absolute Gasteiger partial charge is 0.427 e. The predicted octanol–water partition coefficient (Wildman–Crippen LogP) is 4.34. The zero-order chi connectivity index (χ0) is 21.3. The number of carbonyl (C=O) groups is 2. The lowest BCUT2D eigenvalue weighted by atomic mass is 9.76. The van der Waals surface area contributed by atoms with Crippen molar-refractivity contribution in [2.75, 3.05) is 19.8 Å². The molecule has 1 aliphatic carbocycles. The van der Waals surface area contributed by atoms with Gasteiger partial charge in [-0.1, -0.05) is 31.2 Å². The molecule has 2 atom stereocenters. The number of allylic oxidation sites excluding steroid dienone is 3. The highest BCUT2D eigenvalue weighted by Gasteiger charge is 2.36. The van der Waals surface area contributed by atoms with Crippen molar-refractivity contribution >= 4 is 11.8 Å². The lowest BCUT2D eigenvalue weighted by Crippen LogP contribution is -2.33. The van der Waals surface area contributed by atoms with E-state index in [0.717, 1.165) is 19.4 Å². The van der Waals surface area contributed by atoms with Crippen molar-refractivity contribution in [2.24, 2.45) is 11.8 Å². The van der Waals surface area contributed by atoms with E-state index in [1.165, 1.54) is 0 Å². The average molecular weight is 414 g/mol. The highest BCUT2D eigenvalue weighted by atomic mass is 16.6. The average Bonchev–Trinajstić information content (AvgIpc) is 2.78. The highest BCUT2D eigenvalue weighted by molar-refractivity contribution is 6.01. The third kappa shape index (κ3) is 5.58. The number of hydroxylamine groups is 1. The minimum Gasteiger partial charge on any atom is -0.427 e. The molecular weight excluding hydrogens is 382 g/mol. The summed E-state index contributed by atoms with van der Waals surface area (Å²) in [5, 5.41) is 0. The molecule has 1 fully saturated rings. The van der Waals surface area contributed by atoms with Crippen LogP contribution in [0.3, 0.4) is 0 Å². The van der Waals surface area contributed by atoms with E-state index in [1.807, 2.05) is 26.0 Å². The van der Waals surface area contributed by atoms with Crippen LogP contribution < -0.4 is 5.48 Å². The fourth-order valence-corrected chi connectivity index (χ4v) is 4.07. The molecule has 0 spiro atoms. The van der Waals surface area contributed by atoms with Gasteiger partial charge in [0, 0.05) is 26.1 Å². The van der Waals surface area contributed by atoms with Crippen molar-refractivity contribution in [2.45, 2.75) is 46.0 Å². The van der Waals surface area contributed by atoms with Crippen molar-refractivity contribution in [3.05, 3.63) is 59.0 Å². The SMILES string of the molecule is CCC=C(NOCC)C1=C(OC(=O)c2ccccc2)CC(C2CCCOC2)CC1=O. The summed E-state index contributed by atoms with van der Waals surface area (Å²) in [5.74, 6) is 0.342. The molecule has 0 saturated carbocycles. The third-order valence-corrected chi connectivity index (χ3v) is 5.54. The minimum atomic E-state index is -0.455. The Kier molecular flexibility index (Phi) is 8.22. The Labute approximate surface area is 178 Å². The zero-order valence-corrected chi connectivity index (χ0v) is 17.8. The molecule has 6 nitrogen and oxygen atoms in total. The molecule has 162 valence electrons. The Hall–Kier alpha value is -2.44. The fraction of sp³-hybridized carbons (Fsp3) is 0.500. The molecule has 0 bridgehead atoms. The molecular formula is C24H31NO5. The molecule has 30 heavy (non-hydrogen) atoms. The van der Waals surface area contributed by atoms with Crippen LogP contribution in [-0.4, -0.2) is 31.6 Å². The van der Waals surface area contributed by atoms with Gasteiger partial charge in [-0.2, -0.15) is 0 Å². The predicted molar refractivity (Wildman–Crippen MR) is 113 cm³/mol. The van der Waals surface area contributed by atoms with Gasteiger partial charge in [0.2, 0.25) is 0 Å². The van der Waals surface area contributed by atoms with Gasteiger partial charge in [0.25, 0.3) is 0 Å². The normalized spacial score (nSPS) is 22.7. The summed E-state index contributed by atoms with van der Waals surface area (Å²) in [6.45, 7) is 5.73. The molecule has 1 heterocycles. The quantitative estimate of drug-likeness (QED) is 0.505. The number of esters is 1. The van der Waals surface area contributed by atoms with E-state index in [0.29, 0.717) is 61.0 Å². The maximum absolute atomic E-state index is 13.2. The standard InChI is InChI=1S/C24H31NO5/c1-3-9-20(25-29-4-2)23-21(26)14-19(18-12-8-13-28-16-18)15-22(23)30-24(27)17-10-6-5-7-11-17/h5-7,9-11,18-19,25H,3-4,8,12-16H2,1-2H3. The molecule has 1 aromatic carbocycles. The monoisotopic (exact) mass is 413 g/mol. The maximum atomic E-state index is 13.2. The van der Waals surface area contributed by atoms with Crippen LogP contribution in [0.2, 0.25) is 0 Å². The van der Waals surface area contributed by atoms with E-state index < -0.39 is 5.97 Å². The number of ether oxygens (including phenoxy) is 2. The number of Topliss-reactive ketones (excluding diaryl/α,β-unsaturated/α-hetero) is 1. The van der Waals surface area contributed by atoms with Gasteiger partial charge in [-0.15, -0.1) is 0 Å². The molecule has 0 radical (unpaired) electrons. The zero-order valence-electron chi connectivity index (χ0n) is 17.8. The Bertz CT molecular complexity index is 793. The second-order valence-corrected chi connectivity index (χ2v) is 7.68. The van der Waals surface area contributed by atoms with Crippen molar-refractivity contribution in [3.63, 3.8) is 0 Å². The van der Waals surface area contributed by atoms with E-state index in [4.69, 9.17) is 14.3 Å². The van der Waals surface area contributed by atoms with Crippen LogP contribution >= 0.6 is 0 Å². The van der Waals surface area contributed by atoms with E-state index in [-0.39, 0.29) is 11.7 Å². The lowest BCUT2D eigenvalue weighted by molar-refractivity contribution is -0.118. The van der Waals surface area contributed by atoms with Crippen molar-refractivity contribution < 1.29 is 23.9 Å². The number of hydrogen-bond acceptors (Lipinski definition) is 6. The summed E-state index contributed by atoms with van der Waals surface area (Å²) in [6.07, 6.45) is 5.59. The molecule has 6 heteroatoms. The molecule has 1 aliphatic heterocycles. The van der Waals surface area contributed by atoms with Crippen LogP contribution in [-0.2, 0) is 19.1 Å². The Balaban J connectivity index is 1.92. The van der Waals surface area contributed by atoms with E-state index in [2.05, 4.69) is 5.48 Å². The summed E-state index contributed by atoms with van der Waals surface area (Å²) in [7, 11) is 0. The van der Waals surface area contributed by atoms with Gasteiger partial charge < -0.3 is 9.47 Å². The van der Waals surface area contributed by atoms with Gasteiger partial charge in [-0.25, -0.2) is 4.79 Å². The van der Waals surface area contributed by atoms with Gasteiger partial charge in [0.1, 0.15) is 5.76 Å². The first-order chi connectivity index (χ1) is 14.6. The third-order valence-electron chi connectivity index (χ3n) is 5.54. The summed E-state index contributed by atoms with van der Waals surface area (Å²) in [6, 6.07) is 8.85. The van der Waals surface area contributed by atoms with Crippen molar-refractivity contribution in [1.82, 2.24) is 5.48 Å². The van der Waals surface area contributed by atoms with Gasteiger partial charge >= 0.3 is 5.97 Å². The smallest absolute Gasteiger partial charge is 0.343 e. The summed E-state index contributed by atoms with van der Waals surface area (Å²) in [4.78, 5) is 31.4. The Morgan fingerprint density at radius 3 is 2.67 bits per heavy atom. The van der Waals surface area contributed by atoms with E-state index >= 15 is 0 Å². The Morgan fingerprint density at radius 2 is 2.00 bits per heavy atom. The van der Waals surface area contributed by atoms with E-state index in [1.54, 1.807) is 24.3 Å². The van der Waals surface area contributed by atoms with Gasteiger partial charge in [0.15, 0.2) is 5.78 Å². The fourth-order valence-electron chi connectivity index (χ4n) is 4.07. The molecule has 0 amide bonds. The number of carbonyl (C=O) groups excluding carboxylic acids is 2. The molecule has 1 aromatic rings. The second kappa shape index (κ2) is 11.1. The molecule has 2 aliphatic rings. The van der Waals surface area contributed by atoms with Crippen LogP contribution in [0.25, 0.3) is 0 Å². The van der Waals surface area contributed by atoms with Gasteiger partial charge in [-0.05, 0) is 50.2 Å². The molecule has 0 aromatic heterocycles. The number of rotatable bonds is 8. The Morgan fingerprint density at radius 1 is 1.20 bits per heavy atom. The second-order valence-electron chi connectivity index (χ2n) is 7.68. The minimum absolute atomic E-state index is 0.0282. The molecule has 1 N–H and O–H groups in total. The molecule has 1 saturated heterocycles. The van der Waals surface area contributed by atoms with Crippen LogP contribution in [0.15, 0.2) is 53.4 Å². The van der Waals surface area contributed by atoms with Crippen LogP contribution in [0.1, 0.15) is 56.3 Å². The van der Waals surface area contributed by atoms with Gasteiger partial charge in [0.05, 0.1) is 23.4 Å². The number of ketones is 1. The molecule has 3 rings (SSSR count). The number of hydrogen-bond donors (Lipinski definition) is 1. The van der Waals surface area contributed by atoms with Crippen molar-refractivity contribution in [1.29, 1.82) is 0 Å². The highest BCUT2D eigenvalue weighted by Crippen LogP contribution is 2.38. The molecule has 2 unspecified atom stereocenters. The first kappa shape index (κ1) is 22.2. The summed E-state index contributed by atoms with van der Waals surface area (Å²) >= 11 is 0. The first-order valence-corrected chi connectivity index (χ1v) is 10.8.